The highest BCUT2D eigenvalue weighted by atomic mass is 16.5. The number of fused-ring (bicyclic) bond motifs is 1. The van der Waals surface area contributed by atoms with Crippen LogP contribution in [-0.4, -0.2) is 27.3 Å². The molecule has 0 aliphatic heterocycles. The van der Waals surface area contributed by atoms with E-state index in [0.29, 0.717) is 0 Å². The lowest BCUT2D eigenvalue weighted by Crippen LogP contribution is -2.38. The van der Waals surface area contributed by atoms with E-state index in [2.05, 4.69) is 36.6 Å². The monoisotopic (exact) mass is 367 g/mol. The molecule has 148 valence electrons. The van der Waals surface area contributed by atoms with E-state index in [-0.39, 0.29) is 5.41 Å². The van der Waals surface area contributed by atoms with Gasteiger partial charge in [-0.15, -0.1) is 0 Å². The lowest BCUT2D eigenvalue weighted by atomic mass is 9.75. The van der Waals surface area contributed by atoms with E-state index in [1.807, 2.05) is 7.11 Å². The van der Waals surface area contributed by atoms with E-state index in [1.54, 1.807) is 16.7 Å². The van der Waals surface area contributed by atoms with Crippen molar-refractivity contribution in [2.75, 3.05) is 27.3 Å². The van der Waals surface area contributed by atoms with Gasteiger partial charge in [0.2, 0.25) is 0 Å². The molecule has 1 atom stereocenters. The van der Waals surface area contributed by atoms with Gasteiger partial charge in [0.1, 0.15) is 0 Å². The summed E-state index contributed by atoms with van der Waals surface area (Å²) in [5, 5.41) is 3.47. The number of ether oxygens (including phenoxy) is 1. The first-order valence-corrected chi connectivity index (χ1v) is 11.3. The number of benzene rings is 1. The maximum atomic E-state index is 5.77. The van der Waals surface area contributed by atoms with Gasteiger partial charge in [0.05, 0.1) is 12.0 Å². The number of methoxy groups -OCH3 is 1. The summed E-state index contributed by atoms with van der Waals surface area (Å²) in [5.74, 6) is 1.51. The van der Waals surface area contributed by atoms with Crippen LogP contribution in [0.3, 0.4) is 0 Å². The van der Waals surface area contributed by atoms with E-state index in [4.69, 9.17) is 4.74 Å². The first-order chi connectivity index (χ1) is 13.3. The third-order valence-corrected chi connectivity index (χ3v) is 7.34. The Bertz CT molecular complexity index is 659. The molecule has 2 saturated carbocycles. The lowest BCUT2D eigenvalue weighted by Gasteiger charge is -2.30. The third-order valence-electron chi connectivity index (χ3n) is 7.34. The molecule has 2 nitrogen and oxygen atoms in total. The van der Waals surface area contributed by atoms with Crippen LogP contribution in [-0.2, 0) is 10.2 Å². The van der Waals surface area contributed by atoms with Crippen LogP contribution in [0, 0.1) is 5.92 Å². The summed E-state index contributed by atoms with van der Waals surface area (Å²) in [6.07, 6.45) is 16.5. The fraction of sp³-hybridized carbons (Fsp3) is 0.680. The molecule has 4 rings (SSSR count). The summed E-state index contributed by atoms with van der Waals surface area (Å²) in [4.78, 5) is 0. The summed E-state index contributed by atoms with van der Waals surface area (Å²) in [7, 11) is 3.93. The van der Waals surface area contributed by atoms with Crippen LogP contribution in [0.2, 0.25) is 0 Å². The molecule has 3 aliphatic carbocycles. The van der Waals surface area contributed by atoms with Crippen molar-refractivity contribution in [1.82, 2.24) is 5.32 Å². The van der Waals surface area contributed by atoms with Crippen molar-refractivity contribution in [3.8, 4) is 0 Å². The van der Waals surface area contributed by atoms with Crippen LogP contribution < -0.4 is 5.32 Å². The van der Waals surface area contributed by atoms with Gasteiger partial charge >= 0.3 is 0 Å². The third kappa shape index (κ3) is 3.63. The molecule has 0 saturated heterocycles. The van der Waals surface area contributed by atoms with Crippen LogP contribution >= 0.6 is 0 Å². The Hall–Kier alpha value is -1.12. The largest absolute Gasteiger partial charge is 0.383 e. The molecule has 1 unspecified atom stereocenters. The molecule has 0 heterocycles. The maximum Gasteiger partial charge on any atom is 0.0606 e. The maximum absolute atomic E-state index is 5.77. The van der Waals surface area contributed by atoms with Crippen molar-refractivity contribution >= 4 is 5.57 Å². The van der Waals surface area contributed by atoms with Gasteiger partial charge in [0.25, 0.3) is 0 Å². The highest BCUT2D eigenvalue weighted by Gasteiger charge is 2.41. The Kier molecular flexibility index (Phi) is 6.04. The molecular formula is C25H37NO. The molecule has 0 aromatic heterocycles. The Morgan fingerprint density at radius 1 is 0.963 bits per heavy atom. The summed E-state index contributed by atoms with van der Waals surface area (Å²) < 4.78 is 5.77. The van der Waals surface area contributed by atoms with Crippen molar-refractivity contribution in [1.29, 1.82) is 0 Å². The number of hydrogen-bond acceptors (Lipinski definition) is 2. The van der Waals surface area contributed by atoms with Gasteiger partial charge in [-0.05, 0) is 66.8 Å². The zero-order chi connectivity index (χ0) is 18.7. The highest BCUT2D eigenvalue weighted by molar-refractivity contribution is 5.81. The second-order valence-electron chi connectivity index (χ2n) is 9.16. The standard InChI is InChI=1S/C25H37NO/c1-26-17-25(18-27-2)16-22(20-12-7-4-8-13-20)24-21(14-9-15-23(24)25)19-10-5-3-6-11-19/h9,14-16,19-20,26H,3-8,10-13,17-18H2,1-2H3. The zero-order valence-corrected chi connectivity index (χ0v) is 17.4. The molecule has 3 aliphatic rings. The minimum atomic E-state index is -0.00368. The summed E-state index contributed by atoms with van der Waals surface area (Å²) in [5.41, 5.74) is 6.47. The molecular weight excluding hydrogens is 330 g/mol. The zero-order valence-electron chi connectivity index (χ0n) is 17.4. The van der Waals surface area contributed by atoms with Crippen LogP contribution in [0.4, 0.5) is 0 Å². The predicted octanol–water partition coefficient (Wildman–Crippen LogP) is 5.82. The van der Waals surface area contributed by atoms with Crippen molar-refractivity contribution in [3.05, 3.63) is 41.0 Å². The Morgan fingerprint density at radius 3 is 2.26 bits per heavy atom. The Balaban J connectivity index is 1.82. The Labute approximate surface area is 165 Å². The molecule has 0 amide bonds. The Morgan fingerprint density at radius 2 is 1.63 bits per heavy atom. The van der Waals surface area contributed by atoms with Gasteiger partial charge < -0.3 is 10.1 Å². The second kappa shape index (κ2) is 8.49. The van der Waals surface area contributed by atoms with Gasteiger partial charge in [-0.1, -0.05) is 62.8 Å². The molecule has 0 radical (unpaired) electrons. The molecule has 1 aromatic rings. The first-order valence-electron chi connectivity index (χ1n) is 11.3. The molecule has 2 fully saturated rings. The van der Waals surface area contributed by atoms with Crippen LogP contribution in [0.25, 0.3) is 5.57 Å². The van der Waals surface area contributed by atoms with Crippen molar-refractivity contribution < 1.29 is 4.74 Å². The van der Waals surface area contributed by atoms with Gasteiger partial charge in [0, 0.05) is 13.7 Å². The molecule has 1 N–H and O–H groups in total. The van der Waals surface area contributed by atoms with Gasteiger partial charge in [-0.25, -0.2) is 0 Å². The average Bonchev–Trinajstić information content (AvgIpc) is 3.04. The normalized spacial score (nSPS) is 26.8. The van der Waals surface area contributed by atoms with Crippen molar-refractivity contribution in [2.45, 2.75) is 75.5 Å². The van der Waals surface area contributed by atoms with E-state index < -0.39 is 0 Å². The van der Waals surface area contributed by atoms with Crippen molar-refractivity contribution in [3.63, 3.8) is 0 Å². The average molecular weight is 368 g/mol. The van der Waals surface area contributed by atoms with E-state index in [1.165, 1.54) is 69.8 Å². The fourth-order valence-electron chi connectivity index (χ4n) is 6.13. The molecule has 1 aromatic carbocycles. The fourth-order valence-corrected chi connectivity index (χ4v) is 6.13. The minimum Gasteiger partial charge on any atom is -0.383 e. The quantitative estimate of drug-likeness (QED) is 0.684. The minimum absolute atomic E-state index is 0.00368. The summed E-state index contributed by atoms with van der Waals surface area (Å²) in [6.45, 7) is 1.73. The second-order valence-corrected chi connectivity index (χ2v) is 9.16. The molecule has 0 bridgehead atoms. The van der Waals surface area contributed by atoms with Crippen LogP contribution in [0.15, 0.2) is 24.3 Å². The van der Waals surface area contributed by atoms with Crippen LogP contribution in [0.1, 0.15) is 86.8 Å². The van der Waals surface area contributed by atoms with E-state index >= 15 is 0 Å². The van der Waals surface area contributed by atoms with Gasteiger partial charge in [0.15, 0.2) is 0 Å². The van der Waals surface area contributed by atoms with E-state index in [9.17, 15) is 0 Å². The predicted molar refractivity (Wildman–Crippen MR) is 114 cm³/mol. The lowest BCUT2D eigenvalue weighted by molar-refractivity contribution is 0.152. The van der Waals surface area contributed by atoms with Gasteiger partial charge in [-0.2, -0.15) is 0 Å². The number of nitrogens with one attached hydrogen (secondary N) is 1. The first kappa shape index (κ1) is 19.2. The highest BCUT2D eigenvalue weighted by Crippen LogP contribution is 2.51. The SMILES string of the molecule is CNCC1(COC)C=C(C2CCCCC2)c2c(C3CCCCC3)cccc21. The topological polar surface area (TPSA) is 21.3 Å². The van der Waals surface area contributed by atoms with Crippen LogP contribution in [0.5, 0.6) is 0 Å². The molecule has 0 spiro atoms. The number of rotatable bonds is 6. The van der Waals surface area contributed by atoms with Crippen molar-refractivity contribution in [2.24, 2.45) is 5.92 Å². The summed E-state index contributed by atoms with van der Waals surface area (Å²) in [6, 6.07) is 7.17. The molecule has 2 heteroatoms. The summed E-state index contributed by atoms with van der Waals surface area (Å²) >= 11 is 0. The number of hydrogen-bond donors (Lipinski definition) is 1. The smallest absolute Gasteiger partial charge is 0.0606 e. The molecule has 27 heavy (non-hydrogen) atoms. The number of allylic oxidation sites excluding steroid dienone is 1. The van der Waals surface area contributed by atoms with Gasteiger partial charge in [-0.3, -0.25) is 0 Å². The number of likely N-dealkylation sites (N-methyl/N-ethyl adjacent to an activating group) is 1. The van der Waals surface area contributed by atoms with E-state index in [0.717, 1.165) is 25.0 Å².